The molecule has 6 atom stereocenters. The van der Waals surface area contributed by atoms with E-state index in [0.29, 0.717) is 45.6 Å². The van der Waals surface area contributed by atoms with E-state index in [2.05, 4.69) is 29.8 Å². The number of rotatable bonds is 1. The minimum Gasteiger partial charge on any atom is -0.389 e. The summed E-state index contributed by atoms with van der Waals surface area (Å²) in [7, 11) is 0. The molecular weight excluding hydrogens is 470 g/mol. The van der Waals surface area contributed by atoms with Crippen LogP contribution in [0, 0.1) is 28.6 Å². The molecule has 5 heteroatoms. The Morgan fingerprint density at radius 1 is 1.03 bits per heavy atom. The molecule has 5 rings (SSSR count). The van der Waals surface area contributed by atoms with Crippen LogP contribution in [0.5, 0.6) is 0 Å². The second-order valence-corrected chi connectivity index (χ2v) is 11.8. The molecule has 0 aromatic heterocycles. The molecule has 0 unspecified atom stereocenters. The molecule has 166 valence electrons. The number of nitrogens with two attached hydrogens (primary N) is 1. The van der Waals surface area contributed by atoms with Crippen LogP contribution in [0.25, 0.3) is 0 Å². The van der Waals surface area contributed by atoms with Crippen molar-refractivity contribution in [3.63, 3.8) is 0 Å². The van der Waals surface area contributed by atoms with Crippen molar-refractivity contribution in [2.24, 2.45) is 34.3 Å². The van der Waals surface area contributed by atoms with E-state index in [1.54, 1.807) is 0 Å². The number of halogens is 1. The van der Waals surface area contributed by atoms with Crippen molar-refractivity contribution >= 4 is 44.7 Å². The lowest BCUT2D eigenvalue weighted by Gasteiger charge is -2.58. The third kappa shape index (κ3) is 3.97. The highest BCUT2D eigenvalue weighted by atomic mass is 79.9. The fraction of sp³-hybridized carbons (Fsp3) is 0.577. The van der Waals surface area contributed by atoms with Gasteiger partial charge in [-0.2, -0.15) is 0 Å². The van der Waals surface area contributed by atoms with Crippen LogP contribution >= 0.6 is 28.1 Å². The standard InChI is InChI=1S/C19H25BrO2.C7H7NS/c1-18-7-5-11(21)9-15(18)16(20)10-12-13-3-4-17(22)19(13,2)8-6-14(12)18;8-7(9)6-4-2-1-3-5-6/h9,12-14,16H,3-8,10H2,1-2H3;1-5H,(H2,8,9)/t12-,13-,14+,16-,18-,19+;/m1./s1. The predicted molar refractivity (Wildman–Crippen MR) is 132 cm³/mol. The summed E-state index contributed by atoms with van der Waals surface area (Å²) in [6.07, 6.45) is 8.83. The van der Waals surface area contributed by atoms with Crippen LogP contribution in [0.1, 0.15) is 64.4 Å². The first-order valence-corrected chi connectivity index (χ1v) is 12.8. The van der Waals surface area contributed by atoms with Gasteiger partial charge in [0.05, 0.1) is 0 Å². The zero-order valence-electron chi connectivity index (χ0n) is 18.4. The van der Waals surface area contributed by atoms with Gasteiger partial charge in [-0.25, -0.2) is 0 Å². The summed E-state index contributed by atoms with van der Waals surface area (Å²) in [5.74, 6) is 2.67. The number of Topliss-reactive ketones (excluding diaryl/α,β-unsaturated/α-hetero) is 1. The number of ketones is 2. The van der Waals surface area contributed by atoms with E-state index in [9.17, 15) is 9.59 Å². The van der Waals surface area contributed by atoms with Gasteiger partial charge in [0.2, 0.25) is 0 Å². The summed E-state index contributed by atoms with van der Waals surface area (Å²) in [6, 6.07) is 9.54. The van der Waals surface area contributed by atoms with Crippen molar-refractivity contribution in [1.82, 2.24) is 0 Å². The van der Waals surface area contributed by atoms with Gasteiger partial charge in [-0.05, 0) is 66.9 Å². The molecule has 4 aliphatic carbocycles. The van der Waals surface area contributed by atoms with Crippen molar-refractivity contribution in [2.75, 3.05) is 0 Å². The average molecular weight is 503 g/mol. The van der Waals surface area contributed by atoms with Gasteiger partial charge in [-0.3, -0.25) is 9.59 Å². The number of hydrogen-bond acceptors (Lipinski definition) is 3. The van der Waals surface area contributed by atoms with Gasteiger partial charge in [0.15, 0.2) is 5.78 Å². The Morgan fingerprint density at radius 2 is 1.71 bits per heavy atom. The van der Waals surface area contributed by atoms with Gasteiger partial charge in [-0.1, -0.05) is 72.3 Å². The van der Waals surface area contributed by atoms with Crippen molar-refractivity contribution in [3.05, 3.63) is 47.5 Å². The molecule has 2 N–H and O–H groups in total. The number of carbonyl (C=O) groups is 2. The zero-order chi connectivity index (χ0) is 22.4. The summed E-state index contributed by atoms with van der Waals surface area (Å²) in [5.41, 5.74) is 7.72. The van der Waals surface area contributed by atoms with Crippen molar-refractivity contribution in [3.8, 4) is 0 Å². The maximum absolute atomic E-state index is 12.4. The highest BCUT2D eigenvalue weighted by Crippen LogP contribution is 2.65. The molecule has 0 bridgehead atoms. The topological polar surface area (TPSA) is 60.2 Å². The Morgan fingerprint density at radius 3 is 2.35 bits per heavy atom. The summed E-state index contributed by atoms with van der Waals surface area (Å²) in [5, 5.41) is 0. The number of allylic oxidation sites excluding steroid dienone is 1. The smallest absolute Gasteiger partial charge is 0.155 e. The number of benzene rings is 1. The van der Waals surface area contributed by atoms with Crippen LogP contribution in [-0.2, 0) is 9.59 Å². The Balaban J connectivity index is 0.000000217. The highest BCUT2D eigenvalue weighted by Gasteiger charge is 2.60. The number of carbonyl (C=O) groups excluding carboxylic acids is 2. The maximum Gasteiger partial charge on any atom is 0.155 e. The summed E-state index contributed by atoms with van der Waals surface area (Å²) in [6.45, 7) is 4.61. The lowest BCUT2D eigenvalue weighted by molar-refractivity contribution is -0.132. The van der Waals surface area contributed by atoms with Crippen molar-refractivity contribution in [1.29, 1.82) is 0 Å². The first-order chi connectivity index (χ1) is 14.7. The largest absolute Gasteiger partial charge is 0.389 e. The van der Waals surface area contributed by atoms with Crippen LogP contribution < -0.4 is 5.73 Å². The molecule has 0 heterocycles. The molecule has 4 aliphatic rings. The van der Waals surface area contributed by atoms with Gasteiger partial charge in [-0.15, -0.1) is 0 Å². The van der Waals surface area contributed by atoms with Crippen LogP contribution in [0.15, 0.2) is 42.0 Å². The minimum atomic E-state index is -0.0596. The zero-order valence-corrected chi connectivity index (χ0v) is 20.8. The van der Waals surface area contributed by atoms with E-state index in [0.717, 1.165) is 44.1 Å². The maximum atomic E-state index is 12.4. The van der Waals surface area contributed by atoms with Crippen molar-refractivity contribution < 1.29 is 9.59 Å². The molecule has 1 aromatic carbocycles. The van der Waals surface area contributed by atoms with E-state index >= 15 is 0 Å². The van der Waals surface area contributed by atoms with Crippen LogP contribution in [-0.4, -0.2) is 21.4 Å². The number of alkyl halides is 1. The lowest BCUT2D eigenvalue weighted by Crippen LogP contribution is -2.53. The fourth-order valence-electron chi connectivity index (χ4n) is 6.93. The monoisotopic (exact) mass is 501 g/mol. The van der Waals surface area contributed by atoms with Crippen LogP contribution in [0.2, 0.25) is 0 Å². The Bertz CT molecular complexity index is 929. The normalized spacial score (nSPS) is 38.7. The Kier molecular flexibility index (Phi) is 6.30. The van der Waals surface area contributed by atoms with Crippen LogP contribution in [0.3, 0.4) is 0 Å². The molecule has 3 fully saturated rings. The fourth-order valence-corrected chi connectivity index (χ4v) is 8.15. The van der Waals surface area contributed by atoms with Gasteiger partial charge < -0.3 is 5.73 Å². The second kappa shape index (κ2) is 8.55. The summed E-state index contributed by atoms with van der Waals surface area (Å²) < 4.78 is 0. The quantitative estimate of drug-likeness (QED) is 0.391. The van der Waals surface area contributed by atoms with Crippen LogP contribution in [0.4, 0.5) is 0 Å². The van der Waals surface area contributed by atoms with Gasteiger partial charge >= 0.3 is 0 Å². The number of hydrogen-bond donors (Lipinski definition) is 1. The third-order valence-corrected chi connectivity index (χ3v) is 9.81. The molecule has 31 heavy (non-hydrogen) atoms. The highest BCUT2D eigenvalue weighted by molar-refractivity contribution is 9.09. The van der Waals surface area contributed by atoms with E-state index in [4.69, 9.17) is 18.0 Å². The van der Waals surface area contributed by atoms with Gasteiger partial charge in [0.25, 0.3) is 0 Å². The molecule has 0 spiro atoms. The van der Waals surface area contributed by atoms with E-state index in [1.165, 1.54) is 5.57 Å². The van der Waals surface area contributed by atoms with E-state index in [-0.39, 0.29) is 10.8 Å². The molecule has 0 amide bonds. The molecule has 0 saturated heterocycles. The van der Waals surface area contributed by atoms with E-state index in [1.807, 2.05) is 36.4 Å². The Labute approximate surface area is 199 Å². The molecule has 3 nitrogen and oxygen atoms in total. The number of thiocarbonyl (C=S) groups is 1. The second-order valence-electron chi connectivity index (χ2n) is 10.2. The third-order valence-electron chi connectivity index (χ3n) is 8.71. The SMILES string of the molecule is C[C@]12CCC(=O)C=C1[C@H](Br)C[C@@H]1[C@H]3CCC(=O)[C@@]3(C)CC[C@@H]12.NC(=S)c1ccccc1. The van der Waals surface area contributed by atoms with Crippen molar-refractivity contribution in [2.45, 2.75) is 63.6 Å². The minimum absolute atomic E-state index is 0.0596. The molecule has 0 radical (unpaired) electrons. The average Bonchev–Trinajstić information content (AvgIpc) is 3.05. The summed E-state index contributed by atoms with van der Waals surface area (Å²) in [4.78, 5) is 25.1. The molecule has 3 saturated carbocycles. The first-order valence-electron chi connectivity index (χ1n) is 11.4. The molecular formula is C26H32BrNO2S. The van der Waals surface area contributed by atoms with E-state index < -0.39 is 0 Å². The lowest BCUT2D eigenvalue weighted by atomic mass is 9.47. The predicted octanol–water partition coefficient (Wildman–Crippen LogP) is 5.78. The summed E-state index contributed by atoms with van der Waals surface area (Å²) >= 11 is 8.62. The molecule has 0 aliphatic heterocycles. The first kappa shape index (κ1) is 22.8. The number of fused-ring (bicyclic) bond motifs is 5. The van der Waals surface area contributed by atoms with Gasteiger partial charge in [0.1, 0.15) is 10.8 Å². The Hall–Kier alpha value is -1.33. The molecule has 1 aromatic rings. The van der Waals surface area contributed by atoms with Gasteiger partial charge in [0, 0.05) is 28.6 Å².